The lowest BCUT2D eigenvalue weighted by molar-refractivity contribution is -0.384. The Bertz CT molecular complexity index is 891. The van der Waals surface area contributed by atoms with E-state index in [4.69, 9.17) is 4.74 Å². The van der Waals surface area contributed by atoms with Crippen molar-refractivity contribution in [2.75, 3.05) is 0 Å². The molecule has 0 bridgehead atoms. The van der Waals surface area contributed by atoms with Crippen LogP contribution in [0.25, 0.3) is 6.08 Å². The number of para-hydroxylation sites is 1. The van der Waals surface area contributed by atoms with Crippen LogP contribution in [-0.4, -0.2) is 16.9 Å². The maximum absolute atomic E-state index is 11.6. The van der Waals surface area contributed by atoms with Gasteiger partial charge in [0.05, 0.1) is 4.92 Å². The first-order valence-corrected chi connectivity index (χ1v) is 7.32. The van der Waals surface area contributed by atoms with Gasteiger partial charge in [0.25, 0.3) is 11.6 Å². The van der Waals surface area contributed by atoms with Crippen LogP contribution in [0.5, 0.6) is 5.75 Å². The Kier molecular flexibility index (Phi) is 4.42. The van der Waals surface area contributed by atoms with Crippen LogP contribution in [0.15, 0.2) is 54.2 Å². The zero-order valence-corrected chi connectivity index (χ0v) is 12.9. The van der Waals surface area contributed by atoms with E-state index < -0.39 is 16.9 Å². The van der Waals surface area contributed by atoms with Crippen LogP contribution >= 0.6 is 0 Å². The monoisotopic (exact) mass is 339 g/mol. The second kappa shape index (κ2) is 6.83. The molecule has 1 aliphatic rings. The number of nitro groups is 1. The molecule has 2 aromatic rings. The lowest BCUT2D eigenvalue weighted by Crippen LogP contribution is -2.22. The van der Waals surface area contributed by atoms with Gasteiger partial charge >= 0.3 is 6.03 Å². The van der Waals surface area contributed by atoms with Gasteiger partial charge in [0.1, 0.15) is 18.1 Å². The first-order chi connectivity index (χ1) is 12.0. The van der Waals surface area contributed by atoms with Crippen LogP contribution in [0.1, 0.15) is 11.1 Å². The molecule has 1 aliphatic heterocycles. The first-order valence-electron chi connectivity index (χ1n) is 7.32. The van der Waals surface area contributed by atoms with Crippen LogP contribution in [0.4, 0.5) is 10.5 Å². The summed E-state index contributed by atoms with van der Waals surface area (Å²) in [6, 6.07) is 12.5. The molecule has 0 unspecified atom stereocenters. The van der Waals surface area contributed by atoms with Crippen LogP contribution in [0.3, 0.4) is 0 Å². The van der Waals surface area contributed by atoms with Crippen molar-refractivity contribution in [3.63, 3.8) is 0 Å². The predicted octanol–water partition coefficient (Wildman–Crippen LogP) is 2.35. The minimum Gasteiger partial charge on any atom is -0.488 e. The molecule has 126 valence electrons. The van der Waals surface area contributed by atoms with E-state index in [1.54, 1.807) is 36.4 Å². The summed E-state index contributed by atoms with van der Waals surface area (Å²) in [5.74, 6) is -0.0334. The highest BCUT2D eigenvalue weighted by Gasteiger charge is 2.23. The highest BCUT2D eigenvalue weighted by molar-refractivity contribution is 6.14. The number of ether oxygens (including phenoxy) is 1. The van der Waals surface area contributed by atoms with Gasteiger partial charge in [0.2, 0.25) is 0 Å². The maximum atomic E-state index is 11.6. The molecule has 0 saturated carbocycles. The zero-order valence-electron chi connectivity index (χ0n) is 12.9. The molecule has 2 aromatic carbocycles. The molecule has 3 rings (SSSR count). The Morgan fingerprint density at radius 2 is 1.88 bits per heavy atom. The SMILES string of the molecule is O=C1NC(=O)/C(=C\c2ccccc2OCc2cccc([N+](=O)[O-])c2)N1. The van der Waals surface area contributed by atoms with Crippen molar-refractivity contribution in [1.82, 2.24) is 10.6 Å². The number of carbonyl (C=O) groups excluding carboxylic acids is 2. The van der Waals surface area contributed by atoms with E-state index in [-0.39, 0.29) is 18.0 Å². The van der Waals surface area contributed by atoms with Crippen molar-refractivity contribution in [3.8, 4) is 5.75 Å². The van der Waals surface area contributed by atoms with Crippen LogP contribution < -0.4 is 15.4 Å². The lowest BCUT2D eigenvalue weighted by atomic mass is 10.1. The first kappa shape index (κ1) is 16.2. The van der Waals surface area contributed by atoms with Crippen molar-refractivity contribution in [3.05, 3.63) is 75.5 Å². The average Bonchev–Trinajstić information content (AvgIpc) is 2.91. The molecule has 1 saturated heterocycles. The number of benzene rings is 2. The Labute approximate surface area is 142 Å². The summed E-state index contributed by atoms with van der Waals surface area (Å²) in [6.07, 6.45) is 1.50. The van der Waals surface area contributed by atoms with E-state index in [1.165, 1.54) is 18.2 Å². The second-order valence-electron chi connectivity index (χ2n) is 5.22. The van der Waals surface area contributed by atoms with E-state index in [9.17, 15) is 19.7 Å². The van der Waals surface area contributed by atoms with Gasteiger partial charge in [-0.1, -0.05) is 30.3 Å². The van der Waals surface area contributed by atoms with Crippen molar-refractivity contribution in [2.24, 2.45) is 0 Å². The third kappa shape index (κ3) is 3.81. The third-order valence-corrected chi connectivity index (χ3v) is 3.45. The molecular formula is C17H13N3O5. The number of nitrogens with one attached hydrogen (secondary N) is 2. The molecule has 0 aromatic heterocycles. The summed E-state index contributed by atoms with van der Waals surface area (Å²) < 4.78 is 5.72. The number of rotatable bonds is 5. The number of carbonyl (C=O) groups is 2. The molecule has 8 nitrogen and oxygen atoms in total. The second-order valence-corrected chi connectivity index (χ2v) is 5.22. The van der Waals surface area contributed by atoms with Crippen LogP contribution in [-0.2, 0) is 11.4 Å². The minimum atomic E-state index is -0.578. The molecule has 0 aliphatic carbocycles. The summed E-state index contributed by atoms with van der Waals surface area (Å²) in [5.41, 5.74) is 1.35. The summed E-state index contributed by atoms with van der Waals surface area (Å²) in [7, 11) is 0. The van der Waals surface area contributed by atoms with Crippen LogP contribution in [0, 0.1) is 10.1 Å². The van der Waals surface area contributed by atoms with Crippen molar-refractivity contribution >= 4 is 23.7 Å². The van der Waals surface area contributed by atoms with Gasteiger partial charge in [-0.2, -0.15) is 0 Å². The van der Waals surface area contributed by atoms with E-state index >= 15 is 0 Å². The number of nitrogens with zero attached hydrogens (tertiary/aromatic N) is 1. The number of urea groups is 1. The Morgan fingerprint density at radius 1 is 1.08 bits per heavy atom. The zero-order chi connectivity index (χ0) is 17.8. The summed E-state index contributed by atoms with van der Waals surface area (Å²) in [5, 5.41) is 15.3. The summed E-state index contributed by atoms with van der Waals surface area (Å²) in [4.78, 5) is 33.1. The maximum Gasteiger partial charge on any atom is 0.326 e. The van der Waals surface area contributed by atoms with Crippen molar-refractivity contribution in [2.45, 2.75) is 6.61 Å². The summed E-state index contributed by atoms with van der Waals surface area (Å²) >= 11 is 0. The number of non-ortho nitro benzene ring substituents is 1. The average molecular weight is 339 g/mol. The van der Waals surface area contributed by atoms with Gasteiger partial charge < -0.3 is 10.1 Å². The van der Waals surface area contributed by atoms with Crippen molar-refractivity contribution < 1.29 is 19.2 Å². The van der Waals surface area contributed by atoms with E-state index in [0.717, 1.165) is 0 Å². The molecule has 1 fully saturated rings. The van der Waals surface area contributed by atoms with E-state index in [0.29, 0.717) is 16.9 Å². The number of hydrogen-bond donors (Lipinski definition) is 2. The lowest BCUT2D eigenvalue weighted by Gasteiger charge is -2.09. The third-order valence-electron chi connectivity index (χ3n) is 3.45. The van der Waals surface area contributed by atoms with E-state index in [1.807, 2.05) is 0 Å². The molecule has 0 radical (unpaired) electrons. The van der Waals surface area contributed by atoms with Crippen LogP contribution in [0.2, 0.25) is 0 Å². The molecule has 2 N–H and O–H groups in total. The standard InChI is InChI=1S/C17H13N3O5/c21-16-14(18-17(22)19-16)9-12-5-1-2-7-15(12)25-10-11-4-3-6-13(8-11)20(23)24/h1-9H,10H2,(H2,18,19,21,22)/b14-9+. The highest BCUT2D eigenvalue weighted by atomic mass is 16.6. The predicted molar refractivity (Wildman–Crippen MR) is 88.5 cm³/mol. The van der Waals surface area contributed by atoms with Gasteiger partial charge in [-0.05, 0) is 17.7 Å². The highest BCUT2D eigenvalue weighted by Crippen LogP contribution is 2.23. The Balaban J connectivity index is 1.79. The molecule has 0 atom stereocenters. The number of hydrogen-bond acceptors (Lipinski definition) is 5. The molecule has 1 heterocycles. The fourth-order valence-corrected chi connectivity index (χ4v) is 2.29. The van der Waals surface area contributed by atoms with Gasteiger partial charge in [0, 0.05) is 17.7 Å². The topological polar surface area (TPSA) is 111 Å². The molecule has 0 spiro atoms. The Morgan fingerprint density at radius 3 is 2.60 bits per heavy atom. The summed E-state index contributed by atoms with van der Waals surface area (Å²) in [6.45, 7) is 0.125. The van der Waals surface area contributed by atoms with Gasteiger partial charge in [-0.15, -0.1) is 0 Å². The number of amides is 3. The number of imide groups is 1. The smallest absolute Gasteiger partial charge is 0.326 e. The van der Waals surface area contributed by atoms with E-state index in [2.05, 4.69) is 10.6 Å². The van der Waals surface area contributed by atoms with Gasteiger partial charge in [0.15, 0.2) is 0 Å². The molecule has 3 amide bonds. The van der Waals surface area contributed by atoms with Crippen molar-refractivity contribution in [1.29, 1.82) is 0 Å². The minimum absolute atomic E-state index is 0.0122. The molecule has 8 heteroatoms. The fraction of sp³-hybridized carbons (Fsp3) is 0.0588. The quantitative estimate of drug-likeness (QED) is 0.376. The number of nitro benzene ring substituents is 1. The molecular weight excluding hydrogens is 326 g/mol. The van der Waals surface area contributed by atoms with Gasteiger partial charge in [-0.3, -0.25) is 20.2 Å². The molecule has 25 heavy (non-hydrogen) atoms. The largest absolute Gasteiger partial charge is 0.488 e. The normalized spacial score (nSPS) is 15.0. The van der Waals surface area contributed by atoms with Gasteiger partial charge in [-0.25, -0.2) is 4.79 Å². The fourth-order valence-electron chi connectivity index (χ4n) is 2.29. The Hall–Kier alpha value is -3.68.